The van der Waals surface area contributed by atoms with Crippen molar-refractivity contribution in [3.8, 4) is 0 Å². The number of anilines is 2. The zero-order chi connectivity index (χ0) is 14.7. The first kappa shape index (κ1) is 14.3. The van der Waals surface area contributed by atoms with Gasteiger partial charge < -0.3 is 10.2 Å². The molecule has 2 aromatic carbocycles. The summed E-state index contributed by atoms with van der Waals surface area (Å²) < 4.78 is 0. The normalized spacial score (nSPS) is 14.5. The van der Waals surface area contributed by atoms with Crippen LogP contribution in [0.3, 0.4) is 0 Å². The summed E-state index contributed by atoms with van der Waals surface area (Å²) >= 11 is 6.02. The van der Waals surface area contributed by atoms with Gasteiger partial charge in [0.2, 0.25) is 0 Å². The minimum Gasteiger partial charge on any atom is -0.379 e. The van der Waals surface area contributed by atoms with Crippen LogP contribution in [-0.2, 0) is 6.54 Å². The Hall–Kier alpha value is -1.67. The number of nitrogens with zero attached hydrogens (tertiary/aromatic N) is 1. The smallest absolute Gasteiger partial charge is 0.0602 e. The SMILES string of the molecule is Cc1cc(Cl)ccc1CNc1ccccc1N1CCCC1. The summed E-state index contributed by atoms with van der Waals surface area (Å²) in [6.07, 6.45) is 2.59. The van der Waals surface area contributed by atoms with Crippen molar-refractivity contribution in [1.82, 2.24) is 0 Å². The van der Waals surface area contributed by atoms with Crippen molar-refractivity contribution in [2.45, 2.75) is 26.3 Å². The molecule has 0 amide bonds. The van der Waals surface area contributed by atoms with E-state index in [9.17, 15) is 0 Å². The molecule has 0 saturated carbocycles. The van der Waals surface area contributed by atoms with Crippen LogP contribution in [0.4, 0.5) is 11.4 Å². The largest absolute Gasteiger partial charge is 0.379 e. The molecule has 2 aromatic rings. The Morgan fingerprint density at radius 2 is 1.86 bits per heavy atom. The topological polar surface area (TPSA) is 15.3 Å². The molecular weight excluding hydrogens is 280 g/mol. The van der Waals surface area contributed by atoms with E-state index >= 15 is 0 Å². The maximum Gasteiger partial charge on any atom is 0.0602 e. The van der Waals surface area contributed by atoms with Crippen LogP contribution in [0.2, 0.25) is 5.02 Å². The van der Waals surface area contributed by atoms with Crippen LogP contribution in [0.15, 0.2) is 42.5 Å². The number of hydrogen-bond donors (Lipinski definition) is 1. The minimum absolute atomic E-state index is 0.800. The van der Waals surface area contributed by atoms with Gasteiger partial charge in [0.1, 0.15) is 0 Å². The van der Waals surface area contributed by atoms with Gasteiger partial charge in [-0.15, -0.1) is 0 Å². The van der Waals surface area contributed by atoms with E-state index in [2.05, 4.69) is 47.5 Å². The van der Waals surface area contributed by atoms with Crippen molar-refractivity contribution >= 4 is 23.0 Å². The molecule has 1 N–H and O–H groups in total. The van der Waals surface area contributed by atoms with Crippen LogP contribution < -0.4 is 10.2 Å². The van der Waals surface area contributed by atoms with Crippen LogP contribution in [0, 0.1) is 6.92 Å². The van der Waals surface area contributed by atoms with Crippen LogP contribution >= 0.6 is 11.6 Å². The lowest BCUT2D eigenvalue weighted by Gasteiger charge is -2.22. The highest BCUT2D eigenvalue weighted by molar-refractivity contribution is 6.30. The molecule has 3 heteroatoms. The Balaban J connectivity index is 1.75. The van der Waals surface area contributed by atoms with Gasteiger partial charge in [-0.05, 0) is 55.2 Å². The zero-order valence-corrected chi connectivity index (χ0v) is 13.2. The molecule has 110 valence electrons. The Kier molecular flexibility index (Phi) is 4.35. The van der Waals surface area contributed by atoms with Crippen molar-refractivity contribution in [2.75, 3.05) is 23.3 Å². The number of halogens is 1. The first-order valence-electron chi connectivity index (χ1n) is 7.57. The summed E-state index contributed by atoms with van der Waals surface area (Å²) in [5.41, 5.74) is 5.06. The summed E-state index contributed by atoms with van der Waals surface area (Å²) in [7, 11) is 0. The van der Waals surface area contributed by atoms with E-state index in [4.69, 9.17) is 11.6 Å². The molecule has 1 aliphatic heterocycles. The predicted octanol–water partition coefficient (Wildman–Crippen LogP) is 4.86. The van der Waals surface area contributed by atoms with Gasteiger partial charge in [-0.1, -0.05) is 29.8 Å². The number of aryl methyl sites for hydroxylation is 1. The first-order valence-corrected chi connectivity index (χ1v) is 7.95. The van der Waals surface area contributed by atoms with Crippen molar-refractivity contribution < 1.29 is 0 Å². The van der Waals surface area contributed by atoms with E-state index in [1.165, 1.54) is 48.4 Å². The second-order valence-corrected chi connectivity index (χ2v) is 6.07. The maximum atomic E-state index is 6.02. The van der Waals surface area contributed by atoms with E-state index < -0.39 is 0 Å². The molecule has 2 nitrogen and oxygen atoms in total. The zero-order valence-electron chi connectivity index (χ0n) is 12.4. The number of nitrogens with one attached hydrogen (secondary N) is 1. The third-order valence-corrected chi connectivity index (χ3v) is 4.36. The Bertz CT molecular complexity index is 618. The maximum absolute atomic E-state index is 6.02. The lowest BCUT2D eigenvalue weighted by molar-refractivity contribution is 0.949. The van der Waals surface area contributed by atoms with Gasteiger partial charge in [-0.2, -0.15) is 0 Å². The molecule has 21 heavy (non-hydrogen) atoms. The predicted molar refractivity (Wildman–Crippen MR) is 91.4 cm³/mol. The highest BCUT2D eigenvalue weighted by Gasteiger charge is 2.15. The Morgan fingerprint density at radius 1 is 1.10 bits per heavy atom. The van der Waals surface area contributed by atoms with Gasteiger partial charge in [0.15, 0.2) is 0 Å². The molecule has 0 bridgehead atoms. The van der Waals surface area contributed by atoms with Crippen LogP contribution in [-0.4, -0.2) is 13.1 Å². The van der Waals surface area contributed by atoms with Gasteiger partial charge in [0.25, 0.3) is 0 Å². The van der Waals surface area contributed by atoms with Crippen molar-refractivity contribution in [2.24, 2.45) is 0 Å². The number of hydrogen-bond acceptors (Lipinski definition) is 2. The van der Waals surface area contributed by atoms with Crippen LogP contribution in [0.25, 0.3) is 0 Å². The van der Waals surface area contributed by atoms with Crippen molar-refractivity contribution in [3.63, 3.8) is 0 Å². The number of benzene rings is 2. The third-order valence-electron chi connectivity index (χ3n) is 4.12. The molecule has 3 rings (SSSR count). The lowest BCUT2D eigenvalue weighted by atomic mass is 10.1. The second kappa shape index (κ2) is 6.40. The van der Waals surface area contributed by atoms with Crippen LogP contribution in [0.5, 0.6) is 0 Å². The van der Waals surface area contributed by atoms with E-state index in [1.54, 1.807) is 0 Å². The van der Waals surface area contributed by atoms with Gasteiger partial charge in [-0.25, -0.2) is 0 Å². The number of rotatable bonds is 4. The summed E-state index contributed by atoms with van der Waals surface area (Å²) in [4.78, 5) is 2.47. The standard InChI is InChI=1S/C18H21ClN2/c1-14-12-16(19)9-8-15(14)13-20-17-6-2-3-7-18(17)21-10-4-5-11-21/h2-3,6-9,12,20H,4-5,10-11,13H2,1H3. The molecular formula is C18H21ClN2. The fraction of sp³-hybridized carbons (Fsp3) is 0.333. The van der Waals surface area contributed by atoms with Gasteiger partial charge >= 0.3 is 0 Å². The fourth-order valence-corrected chi connectivity index (χ4v) is 3.13. The van der Waals surface area contributed by atoms with Gasteiger partial charge in [-0.3, -0.25) is 0 Å². The molecule has 0 aromatic heterocycles. The molecule has 0 aliphatic carbocycles. The molecule has 1 heterocycles. The van der Waals surface area contributed by atoms with E-state index in [-0.39, 0.29) is 0 Å². The monoisotopic (exact) mass is 300 g/mol. The van der Waals surface area contributed by atoms with E-state index in [0.717, 1.165) is 11.6 Å². The summed E-state index contributed by atoms with van der Waals surface area (Å²) in [6.45, 7) is 5.26. The highest BCUT2D eigenvalue weighted by atomic mass is 35.5. The summed E-state index contributed by atoms with van der Waals surface area (Å²) in [5.74, 6) is 0. The van der Waals surface area contributed by atoms with Crippen LogP contribution in [0.1, 0.15) is 24.0 Å². The molecule has 0 radical (unpaired) electrons. The van der Waals surface area contributed by atoms with E-state index in [1.807, 2.05) is 12.1 Å². The molecule has 0 atom stereocenters. The molecule has 0 unspecified atom stereocenters. The Labute approximate surface area is 131 Å². The van der Waals surface area contributed by atoms with Crippen molar-refractivity contribution in [1.29, 1.82) is 0 Å². The first-order chi connectivity index (χ1) is 10.2. The molecule has 1 aliphatic rings. The fourth-order valence-electron chi connectivity index (χ4n) is 2.90. The van der Waals surface area contributed by atoms with Gasteiger partial charge in [0.05, 0.1) is 11.4 Å². The molecule has 1 saturated heterocycles. The van der Waals surface area contributed by atoms with E-state index in [0.29, 0.717) is 0 Å². The number of para-hydroxylation sites is 2. The van der Waals surface area contributed by atoms with Gasteiger partial charge in [0, 0.05) is 24.7 Å². The lowest BCUT2D eigenvalue weighted by Crippen LogP contribution is -2.19. The molecule has 1 fully saturated rings. The second-order valence-electron chi connectivity index (χ2n) is 5.64. The summed E-state index contributed by atoms with van der Waals surface area (Å²) in [5, 5.41) is 4.38. The summed E-state index contributed by atoms with van der Waals surface area (Å²) in [6, 6.07) is 14.7. The minimum atomic E-state index is 0.800. The van der Waals surface area contributed by atoms with Crippen molar-refractivity contribution in [3.05, 3.63) is 58.6 Å². The molecule has 0 spiro atoms. The average Bonchev–Trinajstić information content (AvgIpc) is 3.01. The third kappa shape index (κ3) is 3.33. The average molecular weight is 301 g/mol. The Morgan fingerprint density at radius 3 is 2.62 bits per heavy atom. The quantitative estimate of drug-likeness (QED) is 0.867. The highest BCUT2D eigenvalue weighted by Crippen LogP contribution is 2.29.